The molecule has 2 aromatic rings. The van der Waals surface area contributed by atoms with E-state index in [0.29, 0.717) is 12.6 Å². The van der Waals surface area contributed by atoms with Gasteiger partial charge in [-0.1, -0.05) is 18.2 Å². The van der Waals surface area contributed by atoms with Crippen molar-refractivity contribution >= 4 is 11.4 Å². The molecule has 138 valence electrons. The molecule has 0 radical (unpaired) electrons. The molecular weight excluding hydrogens is 326 g/mol. The third-order valence-corrected chi connectivity index (χ3v) is 5.18. The van der Waals surface area contributed by atoms with Crippen LogP contribution in [0.5, 0.6) is 11.5 Å². The Labute approximate surface area is 155 Å². The van der Waals surface area contributed by atoms with Crippen LogP contribution in [0.25, 0.3) is 0 Å². The van der Waals surface area contributed by atoms with Gasteiger partial charge in [-0.05, 0) is 49.6 Å². The number of fused-ring (bicyclic) bond motifs is 1. The lowest BCUT2D eigenvalue weighted by Gasteiger charge is -2.36. The number of nitrogens with one attached hydrogen (secondary N) is 1. The van der Waals surface area contributed by atoms with Crippen molar-refractivity contribution in [2.24, 2.45) is 0 Å². The van der Waals surface area contributed by atoms with Crippen molar-refractivity contribution in [2.75, 3.05) is 37.3 Å². The normalized spacial score (nSPS) is 20.7. The smallest absolute Gasteiger partial charge is 0.161 e. The minimum absolute atomic E-state index is 0.0992. The van der Waals surface area contributed by atoms with Gasteiger partial charge < -0.3 is 20.5 Å². The first-order valence-electron chi connectivity index (χ1n) is 9.41. The van der Waals surface area contributed by atoms with Crippen LogP contribution >= 0.6 is 0 Å². The Kier molecular flexibility index (Phi) is 4.89. The number of likely N-dealkylation sites (tertiary alicyclic amines) is 1. The minimum atomic E-state index is 0.0992. The van der Waals surface area contributed by atoms with Crippen LogP contribution in [0.3, 0.4) is 0 Å². The Morgan fingerprint density at radius 2 is 1.88 bits per heavy atom. The summed E-state index contributed by atoms with van der Waals surface area (Å²) in [6.45, 7) is 5.72. The topological polar surface area (TPSA) is 59.8 Å². The highest BCUT2D eigenvalue weighted by atomic mass is 16.6. The maximum Gasteiger partial charge on any atom is 0.161 e. The number of hydrogen-bond acceptors (Lipinski definition) is 5. The molecule has 4 rings (SSSR count). The summed E-state index contributed by atoms with van der Waals surface area (Å²) in [6, 6.07) is 14.6. The number of piperidine rings is 1. The minimum Gasteiger partial charge on any atom is -0.486 e. The Hall–Kier alpha value is -2.40. The second-order valence-electron chi connectivity index (χ2n) is 7.31. The Balaban J connectivity index is 1.26. The van der Waals surface area contributed by atoms with Gasteiger partial charge in [-0.2, -0.15) is 0 Å². The Bertz CT molecular complexity index is 757. The first kappa shape index (κ1) is 17.0. The molecule has 0 saturated carbocycles. The lowest BCUT2D eigenvalue weighted by molar-refractivity contribution is 0.0523. The number of nitrogens with zero attached hydrogens (tertiary/aromatic N) is 1. The number of benzene rings is 2. The molecule has 0 amide bonds. The molecule has 1 saturated heterocycles. The highest BCUT2D eigenvalue weighted by molar-refractivity contribution is 5.67. The van der Waals surface area contributed by atoms with Crippen LogP contribution in [0.15, 0.2) is 42.5 Å². The standard InChI is InChI=1S/C21H27N3O2/c1-15-6-7-19(18(22)12-15)23-16-8-10-24(11-9-16)13-17-14-25-20-4-2-3-5-21(20)26-17/h2-7,12,16-17,23H,8-11,13-14,22H2,1H3. The summed E-state index contributed by atoms with van der Waals surface area (Å²) in [5, 5.41) is 3.61. The van der Waals surface area contributed by atoms with E-state index in [4.69, 9.17) is 15.2 Å². The molecule has 5 heteroatoms. The van der Waals surface area contributed by atoms with Crippen molar-refractivity contribution in [3.63, 3.8) is 0 Å². The van der Waals surface area contributed by atoms with Gasteiger partial charge in [0.05, 0.1) is 11.4 Å². The van der Waals surface area contributed by atoms with Gasteiger partial charge >= 0.3 is 0 Å². The van der Waals surface area contributed by atoms with Crippen molar-refractivity contribution in [2.45, 2.75) is 31.9 Å². The average molecular weight is 353 g/mol. The Morgan fingerprint density at radius 1 is 1.12 bits per heavy atom. The van der Waals surface area contributed by atoms with Gasteiger partial charge in [-0.15, -0.1) is 0 Å². The van der Waals surface area contributed by atoms with Crippen molar-refractivity contribution in [3.8, 4) is 11.5 Å². The molecule has 0 spiro atoms. The van der Waals surface area contributed by atoms with Gasteiger partial charge in [0.2, 0.25) is 0 Å². The maximum atomic E-state index is 6.13. The van der Waals surface area contributed by atoms with E-state index in [0.717, 1.165) is 55.3 Å². The van der Waals surface area contributed by atoms with E-state index in [9.17, 15) is 0 Å². The summed E-state index contributed by atoms with van der Waals surface area (Å²) < 4.78 is 11.9. The third kappa shape index (κ3) is 3.88. The average Bonchev–Trinajstić information content (AvgIpc) is 2.65. The van der Waals surface area contributed by atoms with Gasteiger partial charge in [0.15, 0.2) is 11.5 Å². The fraction of sp³-hybridized carbons (Fsp3) is 0.429. The molecule has 0 aromatic heterocycles. The molecule has 1 atom stereocenters. The van der Waals surface area contributed by atoms with Crippen LogP contribution in [0.2, 0.25) is 0 Å². The number of nitrogens with two attached hydrogens (primary N) is 1. The number of aryl methyl sites for hydroxylation is 1. The van der Waals surface area contributed by atoms with Crippen LogP contribution in [-0.2, 0) is 0 Å². The van der Waals surface area contributed by atoms with E-state index < -0.39 is 0 Å². The molecule has 2 heterocycles. The predicted molar refractivity (Wildman–Crippen MR) is 105 cm³/mol. The van der Waals surface area contributed by atoms with E-state index in [1.807, 2.05) is 30.3 Å². The van der Waals surface area contributed by atoms with Crippen LogP contribution in [0.4, 0.5) is 11.4 Å². The first-order chi connectivity index (χ1) is 12.7. The third-order valence-electron chi connectivity index (χ3n) is 5.18. The summed E-state index contributed by atoms with van der Waals surface area (Å²) >= 11 is 0. The first-order valence-corrected chi connectivity index (χ1v) is 9.41. The van der Waals surface area contributed by atoms with Crippen LogP contribution < -0.4 is 20.5 Å². The van der Waals surface area contributed by atoms with E-state index in [2.05, 4.69) is 29.3 Å². The summed E-state index contributed by atoms with van der Waals surface area (Å²) in [6.07, 6.45) is 2.32. The second-order valence-corrected chi connectivity index (χ2v) is 7.31. The van der Waals surface area contributed by atoms with Crippen LogP contribution in [-0.4, -0.2) is 43.3 Å². The van der Waals surface area contributed by atoms with Crippen molar-refractivity contribution in [1.82, 2.24) is 4.90 Å². The molecule has 3 N–H and O–H groups in total. The largest absolute Gasteiger partial charge is 0.486 e. The van der Waals surface area contributed by atoms with Crippen LogP contribution in [0, 0.1) is 6.92 Å². The second kappa shape index (κ2) is 7.46. The molecule has 2 aliphatic heterocycles. The predicted octanol–water partition coefficient (Wildman–Crippen LogP) is 3.29. The summed E-state index contributed by atoms with van der Waals surface area (Å²) in [7, 11) is 0. The van der Waals surface area contributed by atoms with Gasteiger partial charge in [0.1, 0.15) is 12.7 Å². The fourth-order valence-corrected chi connectivity index (χ4v) is 3.73. The molecule has 26 heavy (non-hydrogen) atoms. The molecule has 2 aromatic carbocycles. The summed E-state index contributed by atoms with van der Waals surface area (Å²) in [4.78, 5) is 2.47. The molecule has 2 aliphatic rings. The molecule has 1 unspecified atom stereocenters. The monoisotopic (exact) mass is 353 g/mol. The van der Waals surface area contributed by atoms with Gasteiger partial charge in [-0.25, -0.2) is 0 Å². The maximum absolute atomic E-state index is 6.13. The number of hydrogen-bond donors (Lipinski definition) is 2. The summed E-state index contributed by atoms with van der Waals surface area (Å²) in [5.74, 6) is 1.71. The zero-order valence-corrected chi connectivity index (χ0v) is 15.3. The highest BCUT2D eigenvalue weighted by Gasteiger charge is 2.26. The van der Waals surface area contributed by atoms with Crippen molar-refractivity contribution in [1.29, 1.82) is 0 Å². The summed E-state index contributed by atoms with van der Waals surface area (Å²) in [5.41, 5.74) is 9.20. The number of nitrogen functional groups attached to an aromatic ring is 1. The number of ether oxygens (including phenoxy) is 2. The zero-order valence-electron chi connectivity index (χ0n) is 15.3. The van der Waals surface area contributed by atoms with Gasteiger partial charge in [0.25, 0.3) is 0 Å². The molecule has 0 bridgehead atoms. The van der Waals surface area contributed by atoms with Crippen molar-refractivity contribution in [3.05, 3.63) is 48.0 Å². The van der Waals surface area contributed by atoms with Crippen molar-refractivity contribution < 1.29 is 9.47 Å². The lowest BCUT2D eigenvalue weighted by Crippen LogP contribution is -2.46. The van der Waals surface area contributed by atoms with Crippen LogP contribution in [0.1, 0.15) is 18.4 Å². The molecule has 1 fully saturated rings. The molecule has 0 aliphatic carbocycles. The number of anilines is 2. The quantitative estimate of drug-likeness (QED) is 0.826. The SMILES string of the molecule is Cc1ccc(NC2CCN(CC3COc4ccccc4O3)CC2)c(N)c1. The highest BCUT2D eigenvalue weighted by Crippen LogP contribution is 2.31. The lowest BCUT2D eigenvalue weighted by atomic mass is 10.0. The zero-order chi connectivity index (χ0) is 17.9. The number of para-hydroxylation sites is 2. The number of rotatable bonds is 4. The molecular formula is C21H27N3O2. The van der Waals surface area contributed by atoms with E-state index >= 15 is 0 Å². The van der Waals surface area contributed by atoms with E-state index in [1.54, 1.807) is 0 Å². The van der Waals surface area contributed by atoms with Gasteiger partial charge in [0, 0.05) is 25.7 Å². The van der Waals surface area contributed by atoms with E-state index in [-0.39, 0.29) is 6.10 Å². The fourth-order valence-electron chi connectivity index (χ4n) is 3.73. The molecule has 5 nitrogen and oxygen atoms in total. The Morgan fingerprint density at radius 3 is 2.65 bits per heavy atom. The van der Waals surface area contributed by atoms with Gasteiger partial charge in [-0.3, -0.25) is 4.90 Å². The van der Waals surface area contributed by atoms with E-state index in [1.165, 1.54) is 5.56 Å².